The third-order valence-electron chi connectivity index (χ3n) is 2.95. The van der Waals surface area contributed by atoms with Crippen LogP contribution in [0.15, 0.2) is 12.4 Å². The van der Waals surface area contributed by atoms with Gasteiger partial charge in [0.15, 0.2) is 0 Å². The molecule has 17 heavy (non-hydrogen) atoms. The number of nitrogen functional groups attached to an aromatic ring is 1. The van der Waals surface area contributed by atoms with Gasteiger partial charge < -0.3 is 20.5 Å². The highest BCUT2D eigenvalue weighted by molar-refractivity contribution is 5.37. The summed E-state index contributed by atoms with van der Waals surface area (Å²) in [5.74, 6) is 0.569. The van der Waals surface area contributed by atoms with Gasteiger partial charge in [-0.2, -0.15) is 0 Å². The fourth-order valence-electron chi connectivity index (χ4n) is 1.95. The van der Waals surface area contributed by atoms with Crippen LogP contribution in [0.3, 0.4) is 0 Å². The number of likely N-dealkylation sites (N-methyl/N-ethyl adjacent to an activating group) is 1. The lowest BCUT2D eigenvalue weighted by Crippen LogP contribution is -2.46. The molecule has 0 radical (unpaired) electrons. The standard InChI is InChI=1S/C11H18N4O2/c1-15(10-13-6-9(12)7-14-10)8-11(16)2-4-17-5-3-11/h6-7,16H,2-5,8,12H2,1H3. The Morgan fingerprint density at radius 3 is 2.59 bits per heavy atom. The predicted octanol–water partition coefficient (Wildman–Crippen LogP) is 0.0365. The van der Waals surface area contributed by atoms with E-state index in [0.29, 0.717) is 44.2 Å². The molecule has 0 aromatic carbocycles. The summed E-state index contributed by atoms with van der Waals surface area (Å²) in [5, 5.41) is 10.4. The van der Waals surface area contributed by atoms with Gasteiger partial charge in [-0.3, -0.25) is 0 Å². The first kappa shape index (κ1) is 12.1. The number of nitrogens with two attached hydrogens (primary N) is 1. The normalized spacial score (nSPS) is 18.9. The second kappa shape index (κ2) is 4.85. The van der Waals surface area contributed by atoms with Crippen molar-refractivity contribution >= 4 is 11.6 Å². The number of nitrogens with zero attached hydrogens (tertiary/aromatic N) is 3. The summed E-state index contributed by atoms with van der Waals surface area (Å²) >= 11 is 0. The SMILES string of the molecule is CN(CC1(O)CCOCC1)c1ncc(N)cn1. The maximum absolute atomic E-state index is 10.4. The number of ether oxygens (including phenoxy) is 1. The molecule has 1 saturated heterocycles. The van der Waals surface area contributed by atoms with Gasteiger partial charge in [-0.15, -0.1) is 0 Å². The highest BCUT2D eigenvalue weighted by Crippen LogP contribution is 2.22. The summed E-state index contributed by atoms with van der Waals surface area (Å²) in [4.78, 5) is 10.1. The van der Waals surface area contributed by atoms with Gasteiger partial charge in [0.05, 0.1) is 23.7 Å². The van der Waals surface area contributed by atoms with Crippen molar-refractivity contribution < 1.29 is 9.84 Å². The van der Waals surface area contributed by atoms with Crippen molar-refractivity contribution in [1.82, 2.24) is 9.97 Å². The Hall–Kier alpha value is -1.40. The lowest BCUT2D eigenvalue weighted by atomic mass is 9.94. The zero-order chi connectivity index (χ0) is 12.3. The summed E-state index contributed by atoms with van der Waals surface area (Å²) in [6.45, 7) is 1.71. The molecule has 0 saturated carbocycles. The van der Waals surface area contributed by atoms with Crippen LogP contribution in [-0.2, 0) is 4.74 Å². The van der Waals surface area contributed by atoms with Crippen LogP contribution in [0.25, 0.3) is 0 Å². The number of aliphatic hydroxyl groups is 1. The van der Waals surface area contributed by atoms with E-state index in [2.05, 4.69) is 9.97 Å². The number of aromatic nitrogens is 2. The van der Waals surface area contributed by atoms with Crippen molar-refractivity contribution in [2.24, 2.45) is 0 Å². The van der Waals surface area contributed by atoms with Gasteiger partial charge in [-0.25, -0.2) is 9.97 Å². The number of hydrogen-bond acceptors (Lipinski definition) is 6. The first-order valence-corrected chi connectivity index (χ1v) is 5.68. The van der Waals surface area contributed by atoms with Crippen molar-refractivity contribution in [3.63, 3.8) is 0 Å². The Morgan fingerprint density at radius 2 is 2.00 bits per heavy atom. The molecule has 1 aromatic rings. The van der Waals surface area contributed by atoms with Crippen LogP contribution >= 0.6 is 0 Å². The van der Waals surface area contributed by atoms with Gasteiger partial charge in [0.25, 0.3) is 0 Å². The molecule has 0 unspecified atom stereocenters. The van der Waals surface area contributed by atoms with Crippen LogP contribution < -0.4 is 10.6 Å². The maximum Gasteiger partial charge on any atom is 0.225 e. The second-order valence-corrected chi connectivity index (χ2v) is 4.51. The van der Waals surface area contributed by atoms with Crippen LogP contribution in [0.4, 0.5) is 11.6 Å². The topological polar surface area (TPSA) is 84.5 Å². The maximum atomic E-state index is 10.4. The second-order valence-electron chi connectivity index (χ2n) is 4.51. The van der Waals surface area contributed by atoms with Gasteiger partial charge in [0.2, 0.25) is 5.95 Å². The fourth-order valence-corrected chi connectivity index (χ4v) is 1.95. The van der Waals surface area contributed by atoms with Crippen molar-refractivity contribution in [3.8, 4) is 0 Å². The highest BCUT2D eigenvalue weighted by atomic mass is 16.5. The summed E-state index contributed by atoms with van der Waals surface area (Å²) < 4.78 is 5.24. The molecule has 0 amide bonds. The molecule has 3 N–H and O–H groups in total. The van der Waals surface area contributed by atoms with Gasteiger partial charge in [0.1, 0.15) is 0 Å². The molecule has 6 nitrogen and oxygen atoms in total. The first-order valence-electron chi connectivity index (χ1n) is 5.68. The molecular formula is C11H18N4O2. The van der Waals surface area contributed by atoms with E-state index in [4.69, 9.17) is 10.5 Å². The van der Waals surface area contributed by atoms with E-state index in [0.717, 1.165) is 0 Å². The van der Waals surface area contributed by atoms with Gasteiger partial charge >= 0.3 is 0 Å². The average molecular weight is 238 g/mol. The van der Waals surface area contributed by atoms with Crippen molar-refractivity contribution in [3.05, 3.63) is 12.4 Å². The average Bonchev–Trinajstić information content (AvgIpc) is 2.30. The molecule has 6 heteroatoms. The molecule has 0 spiro atoms. The van der Waals surface area contributed by atoms with E-state index < -0.39 is 5.60 Å². The van der Waals surface area contributed by atoms with E-state index in [-0.39, 0.29) is 0 Å². The first-order chi connectivity index (χ1) is 8.09. The van der Waals surface area contributed by atoms with Crippen molar-refractivity contribution in [2.45, 2.75) is 18.4 Å². The number of anilines is 2. The van der Waals surface area contributed by atoms with E-state index in [1.807, 2.05) is 11.9 Å². The Labute approximate surface area is 100 Å². The van der Waals surface area contributed by atoms with Crippen LogP contribution in [0.1, 0.15) is 12.8 Å². The van der Waals surface area contributed by atoms with E-state index in [1.54, 1.807) is 12.4 Å². The summed E-state index contributed by atoms with van der Waals surface area (Å²) in [5.41, 5.74) is 5.35. The van der Waals surface area contributed by atoms with Crippen LogP contribution in [0.2, 0.25) is 0 Å². The Balaban J connectivity index is 2.00. The summed E-state index contributed by atoms with van der Waals surface area (Å²) in [7, 11) is 1.86. The minimum atomic E-state index is -0.711. The molecule has 0 aliphatic carbocycles. The van der Waals surface area contributed by atoms with Gasteiger partial charge in [-0.05, 0) is 0 Å². The molecule has 94 valence electrons. The molecule has 2 rings (SSSR count). The number of hydrogen-bond donors (Lipinski definition) is 2. The minimum absolute atomic E-state index is 0.500. The fraction of sp³-hybridized carbons (Fsp3) is 0.636. The molecule has 0 bridgehead atoms. The molecule has 0 atom stereocenters. The molecule has 1 fully saturated rings. The van der Waals surface area contributed by atoms with E-state index >= 15 is 0 Å². The number of rotatable bonds is 3. The zero-order valence-corrected chi connectivity index (χ0v) is 9.96. The third-order valence-corrected chi connectivity index (χ3v) is 2.95. The van der Waals surface area contributed by atoms with Crippen LogP contribution in [0, 0.1) is 0 Å². The molecule has 1 aliphatic heterocycles. The Bertz CT molecular complexity index is 362. The van der Waals surface area contributed by atoms with E-state index in [9.17, 15) is 5.11 Å². The highest BCUT2D eigenvalue weighted by Gasteiger charge is 2.31. The third kappa shape index (κ3) is 3.04. The van der Waals surface area contributed by atoms with Crippen molar-refractivity contribution in [2.75, 3.05) is 37.4 Å². The lowest BCUT2D eigenvalue weighted by Gasteiger charge is -2.35. The molecule has 1 aromatic heterocycles. The minimum Gasteiger partial charge on any atom is -0.396 e. The molecule has 1 aliphatic rings. The van der Waals surface area contributed by atoms with Gasteiger partial charge in [0, 0.05) is 39.6 Å². The van der Waals surface area contributed by atoms with Crippen LogP contribution in [-0.4, -0.2) is 47.5 Å². The van der Waals surface area contributed by atoms with Crippen molar-refractivity contribution in [1.29, 1.82) is 0 Å². The van der Waals surface area contributed by atoms with E-state index in [1.165, 1.54) is 0 Å². The smallest absolute Gasteiger partial charge is 0.225 e. The molecule has 2 heterocycles. The predicted molar refractivity (Wildman–Crippen MR) is 64.7 cm³/mol. The van der Waals surface area contributed by atoms with Gasteiger partial charge in [-0.1, -0.05) is 0 Å². The monoisotopic (exact) mass is 238 g/mol. The quantitative estimate of drug-likeness (QED) is 0.773. The largest absolute Gasteiger partial charge is 0.396 e. The summed E-state index contributed by atoms with van der Waals surface area (Å²) in [6.07, 6.45) is 4.42. The summed E-state index contributed by atoms with van der Waals surface area (Å²) in [6, 6.07) is 0. The Kier molecular flexibility index (Phi) is 3.44. The van der Waals surface area contributed by atoms with Crippen LogP contribution in [0.5, 0.6) is 0 Å². The lowest BCUT2D eigenvalue weighted by molar-refractivity contribution is -0.0574. The Morgan fingerprint density at radius 1 is 1.41 bits per heavy atom. The zero-order valence-electron chi connectivity index (χ0n) is 9.96. The molecular weight excluding hydrogens is 220 g/mol.